The Bertz CT molecular complexity index is 1740. The van der Waals surface area contributed by atoms with Gasteiger partial charge in [-0.15, -0.1) is 6.58 Å². The van der Waals surface area contributed by atoms with Crippen LogP contribution in [0.3, 0.4) is 0 Å². The van der Waals surface area contributed by atoms with Crippen LogP contribution in [0.5, 0.6) is 11.5 Å². The SMILES string of the molecule is C=CCOc1ccc(C[C@H]([B]OC=N)C(=O)N[C@@H](CC(C)C)C(=O)CC(CC=C)C(=O)OC)cc1.C=CCOc1ccc(C[C@H]([B]OC=N)C(=O)N[C@@H](CC(C)C)C(=O)O)cc1. The minimum absolute atomic E-state index is 0.0616. The molecule has 17 heteroatoms. The first-order valence-corrected chi connectivity index (χ1v) is 20.3. The quantitative estimate of drug-likeness (QED) is 0.0191. The fourth-order valence-corrected chi connectivity index (χ4v) is 5.94. The molecule has 0 fully saturated rings. The average molecular weight is 857 g/mol. The van der Waals surface area contributed by atoms with Crippen molar-refractivity contribution in [1.82, 2.24) is 10.6 Å². The number of Topliss-reactive ketones (excluding diaryl/α,β-unsaturated/α-hetero) is 1. The summed E-state index contributed by atoms with van der Waals surface area (Å²) in [4.78, 5) is 62.2. The zero-order valence-corrected chi connectivity index (χ0v) is 36.5. The number of methoxy groups -OCH3 is 1. The van der Waals surface area contributed by atoms with E-state index < -0.39 is 53.4 Å². The minimum Gasteiger partial charge on any atom is -0.555 e. The highest BCUT2D eigenvalue weighted by atomic mass is 16.5. The van der Waals surface area contributed by atoms with Crippen molar-refractivity contribution < 1.29 is 52.6 Å². The molecule has 0 aromatic heterocycles. The maximum Gasteiger partial charge on any atom is 0.384 e. The lowest BCUT2D eigenvalue weighted by atomic mass is 9.75. The van der Waals surface area contributed by atoms with Crippen LogP contribution in [-0.2, 0) is 50.9 Å². The molecule has 334 valence electrons. The molecule has 5 atom stereocenters. The van der Waals surface area contributed by atoms with Crippen LogP contribution in [0, 0.1) is 28.6 Å². The molecule has 0 aliphatic rings. The number of carboxylic acid groups (broad SMARTS) is 1. The molecule has 0 aliphatic carbocycles. The second-order valence-electron chi connectivity index (χ2n) is 15.0. The normalized spacial score (nSPS) is 12.8. The van der Waals surface area contributed by atoms with Gasteiger partial charge in [0.2, 0.25) is 11.8 Å². The van der Waals surface area contributed by atoms with E-state index in [0.29, 0.717) is 56.8 Å². The lowest BCUT2D eigenvalue weighted by Crippen LogP contribution is -2.45. The van der Waals surface area contributed by atoms with Gasteiger partial charge in [0.05, 0.1) is 30.7 Å². The number of ketones is 1. The Kier molecular flexibility index (Phi) is 26.8. The first-order chi connectivity index (χ1) is 29.6. The molecule has 5 N–H and O–H groups in total. The van der Waals surface area contributed by atoms with Crippen molar-refractivity contribution in [2.75, 3.05) is 20.3 Å². The first kappa shape index (κ1) is 53.9. The van der Waals surface area contributed by atoms with Crippen molar-refractivity contribution in [3.05, 3.63) is 97.6 Å². The fourth-order valence-electron chi connectivity index (χ4n) is 5.94. The zero-order chi connectivity index (χ0) is 46.5. The van der Waals surface area contributed by atoms with E-state index in [4.69, 9.17) is 34.3 Å². The number of nitrogens with one attached hydrogen (secondary N) is 4. The Morgan fingerprint density at radius 3 is 1.47 bits per heavy atom. The molecule has 62 heavy (non-hydrogen) atoms. The van der Waals surface area contributed by atoms with Gasteiger partial charge in [0, 0.05) is 6.42 Å². The molecule has 0 bridgehead atoms. The summed E-state index contributed by atoms with van der Waals surface area (Å²) in [6.45, 7) is 19.3. The Labute approximate surface area is 367 Å². The molecule has 2 rings (SSSR count). The molecule has 2 radical (unpaired) electrons. The van der Waals surface area contributed by atoms with E-state index in [2.05, 4.69) is 30.4 Å². The number of hydrogen-bond acceptors (Lipinski definition) is 12. The van der Waals surface area contributed by atoms with Crippen LogP contribution >= 0.6 is 0 Å². The topological polar surface area (TPSA) is 223 Å². The molecule has 2 aromatic carbocycles. The summed E-state index contributed by atoms with van der Waals surface area (Å²) in [5.74, 6) is -3.21. The molecule has 15 nitrogen and oxygen atoms in total. The van der Waals surface area contributed by atoms with E-state index in [-0.39, 0.29) is 24.0 Å². The van der Waals surface area contributed by atoms with Crippen LogP contribution in [0.25, 0.3) is 0 Å². The van der Waals surface area contributed by atoms with Crippen LogP contribution in [0.4, 0.5) is 0 Å². The van der Waals surface area contributed by atoms with Crippen LogP contribution < -0.4 is 20.1 Å². The summed E-state index contributed by atoms with van der Waals surface area (Å²) in [6.07, 6.45) is 7.90. The van der Waals surface area contributed by atoms with Gasteiger partial charge in [0.1, 0.15) is 43.6 Å². The standard InChI is InChI=1S/C26H36BN2O6.C19H26BN2O5/c1-6-8-20(26(32)33-5)16-24(30)23(14-18(3)4)29-25(31)22(27-35-17-28)15-19-9-11-21(12-10-19)34-13-7-2;1-4-9-26-15-7-5-14(6-8-15)11-16(20-27-12-21)18(23)22-17(19(24)25)10-13(2)3/h6-7,9-12,17-18,20,22-23,28H,1-2,8,13-16H2,3-5H3,(H,29,31);4-8,12-13,16-17,21H,1,9-11H2,2-3H3,(H,22,23)(H,24,25)/t20?,22-,23-;16-,17-/m00/s1. The van der Waals surface area contributed by atoms with Gasteiger partial charge in [0.25, 0.3) is 0 Å². The third-order valence-electron chi connectivity index (χ3n) is 8.96. The monoisotopic (exact) mass is 856 g/mol. The maximum atomic E-state index is 13.2. The lowest BCUT2D eigenvalue weighted by Gasteiger charge is -2.24. The predicted molar refractivity (Wildman–Crippen MR) is 241 cm³/mol. The number of esters is 1. The molecule has 2 aromatic rings. The van der Waals surface area contributed by atoms with Gasteiger partial charge in [-0.25, -0.2) is 4.79 Å². The van der Waals surface area contributed by atoms with Gasteiger partial charge in [-0.1, -0.05) is 83.3 Å². The Morgan fingerprint density at radius 2 is 1.11 bits per heavy atom. The number of aliphatic carboxylic acids is 1. The second kappa shape index (κ2) is 30.8. The van der Waals surface area contributed by atoms with Crippen LogP contribution in [0.15, 0.2) is 86.5 Å². The van der Waals surface area contributed by atoms with Crippen molar-refractivity contribution >= 4 is 57.3 Å². The molecule has 0 spiro atoms. The number of carbonyl (C=O) groups excluding carboxylic acids is 4. The smallest absolute Gasteiger partial charge is 0.384 e. The fraction of sp³-hybridized carbons (Fsp3) is 0.444. The Balaban J connectivity index is 0.000000641. The lowest BCUT2D eigenvalue weighted by molar-refractivity contribution is -0.147. The van der Waals surface area contributed by atoms with Crippen molar-refractivity contribution in [3.63, 3.8) is 0 Å². The van der Waals surface area contributed by atoms with Crippen LogP contribution in [-0.4, -0.2) is 94.8 Å². The van der Waals surface area contributed by atoms with Crippen LogP contribution in [0.1, 0.15) is 64.5 Å². The zero-order valence-electron chi connectivity index (χ0n) is 36.5. The van der Waals surface area contributed by atoms with E-state index >= 15 is 0 Å². The summed E-state index contributed by atoms with van der Waals surface area (Å²) in [5, 5.41) is 28.8. The molecule has 0 saturated heterocycles. The third kappa shape index (κ3) is 21.9. The highest BCUT2D eigenvalue weighted by Crippen LogP contribution is 2.22. The molecule has 0 saturated carbocycles. The van der Waals surface area contributed by atoms with Gasteiger partial charge in [-0.2, -0.15) is 0 Å². The van der Waals surface area contributed by atoms with E-state index in [1.165, 1.54) is 22.1 Å². The molecule has 1 unspecified atom stereocenters. The summed E-state index contributed by atoms with van der Waals surface area (Å²) >= 11 is 0. The third-order valence-corrected chi connectivity index (χ3v) is 8.96. The number of benzene rings is 2. The number of carbonyl (C=O) groups is 5. The predicted octanol–water partition coefficient (Wildman–Crippen LogP) is 6.12. The number of ether oxygens (including phenoxy) is 3. The highest BCUT2D eigenvalue weighted by Gasteiger charge is 2.31. The molecule has 0 heterocycles. The molecule has 0 aliphatic heterocycles. The summed E-state index contributed by atoms with van der Waals surface area (Å²) in [7, 11) is 3.78. The second-order valence-corrected chi connectivity index (χ2v) is 15.0. The number of allylic oxidation sites excluding steroid dienone is 1. The van der Waals surface area contributed by atoms with Crippen molar-refractivity contribution in [2.45, 2.75) is 89.9 Å². The highest BCUT2D eigenvalue weighted by molar-refractivity contribution is 6.39. The average Bonchev–Trinajstić information content (AvgIpc) is 3.24. The summed E-state index contributed by atoms with van der Waals surface area (Å²) in [6, 6.07) is 12.7. The maximum absolute atomic E-state index is 13.2. The van der Waals surface area contributed by atoms with Crippen molar-refractivity contribution in [3.8, 4) is 11.5 Å². The van der Waals surface area contributed by atoms with E-state index in [1.54, 1.807) is 42.5 Å². The Hall–Kier alpha value is -6.12. The summed E-state index contributed by atoms with van der Waals surface area (Å²) in [5.41, 5.74) is 1.70. The van der Waals surface area contributed by atoms with Gasteiger partial charge in [-0.05, 0) is 79.3 Å². The van der Waals surface area contributed by atoms with Crippen molar-refractivity contribution in [1.29, 1.82) is 10.8 Å². The molecular formula is C45H62B2N4O11. The first-order valence-electron chi connectivity index (χ1n) is 20.3. The van der Waals surface area contributed by atoms with Gasteiger partial charge >= 0.3 is 26.9 Å². The van der Waals surface area contributed by atoms with Crippen LogP contribution in [0.2, 0.25) is 11.6 Å². The van der Waals surface area contributed by atoms with Crippen molar-refractivity contribution in [2.24, 2.45) is 17.8 Å². The number of rotatable bonds is 31. The Morgan fingerprint density at radius 1 is 0.694 bits per heavy atom. The number of carboxylic acids is 1. The van der Waals surface area contributed by atoms with E-state index in [9.17, 15) is 29.1 Å². The number of amides is 2. The van der Waals surface area contributed by atoms with Gasteiger partial charge < -0.3 is 39.3 Å². The largest absolute Gasteiger partial charge is 0.555 e. The van der Waals surface area contributed by atoms with Gasteiger partial charge in [-0.3, -0.25) is 30.0 Å². The molecule has 2 amide bonds. The van der Waals surface area contributed by atoms with E-state index in [1.807, 2.05) is 52.0 Å². The van der Waals surface area contributed by atoms with E-state index in [0.717, 1.165) is 23.9 Å². The molecular weight excluding hydrogens is 794 g/mol. The van der Waals surface area contributed by atoms with Gasteiger partial charge in [0.15, 0.2) is 5.78 Å². The number of hydrogen-bond donors (Lipinski definition) is 5. The minimum atomic E-state index is -1.08. The summed E-state index contributed by atoms with van der Waals surface area (Å²) < 4.78 is 25.6.